The lowest BCUT2D eigenvalue weighted by Gasteiger charge is -2.05. The van der Waals surface area contributed by atoms with E-state index in [1.165, 1.54) is 11.3 Å². The number of aromatic nitrogens is 1. The number of hydrogen-bond acceptors (Lipinski definition) is 3. The molecule has 16 heavy (non-hydrogen) atoms. The Kier molecular flexibility index (Phi) is 3.16. The predicted molar refractivity (Wildman–Crippen MR) is 65.9 cm³/mol. The van der Waals surface area contributed by atoms with E-state index < -0.39 is 0 Å². The average Bonchev–Trinajstić information content (AvgIpc) is 2.70. The Morgan fingerprint density at radius 2 is 2.12 bits per heavy atom. The first-order valence-electron chi connectivity index (χ1n) is 4.79. The Morgan fingerprint density at radius 3 is 2.81 bits per heavy atom. The fourth-order valence-corrected chi connectivity index (χ4v) is 1.83. The molecule has 0 aromatic carbocycles. The van der Waals surface area contributed by atoms with Gasteiger partial charge in [-0.25, -0.2) is 9.78 Å². The van der Waals surface area contributed by atoms with Crippen LogP contribution in [0, 0.1) is 6.92 Å². The summed E-state index contributed by atoms with van der Waals surface area (Å²) in [6, 6.07) is 8.92. The molecule has 2 amide bonds. The number of rotatable bonds is 2. The highest BCUT2D eigenvalue weighted by atomic mass is 32.1. The van der Waals surface area contributed by atoms with Crippen LogP contribution in [0.4, 0.5) is 15.6 Å². The summed E-state index contributed by atoms with van der Waals surface area (Å²) >= 11 is 1.47. The number of urea groups is 1. The van der Waals surface area contributed by atoms with Crippen LogP contribution in [-0.4, -0.2) is 11.0 Å². The molecule has 82 valence electrons. The van der Waals surface area contributed by atoms with Gasteiger partial charge in [-0.15, -0.1) is 11.3 Å². The van der Waals surface area contributed by atoms with Crippen LogP contribution in [0.1, 0.15) is 5.69 Å². The molecule has 0 atom stereocenters. The standard InChI is InChI=1S/C11H11N3OS/c1-8-4-2-5-9(12-8)13-11(15)14-10-6-3-7-16-10/h2-7H,1H3,(H2,12,13,14,15). The molecule has 0 aliphatic carbocycles. The molecular weight excluding hydrogens is 222 g/mol. The highest BCUT2D eigenvalue weighted by Crippen LogP contribution is 2.15. The van der Waals surface area contributed by atoms with E-state index in [4.69, 9.17) is 0 Å². The van der Waals surface area contributed by atoms with Crippen molar-refractivity contribution in [2.75, 3.05) is 10.6 Å². The zero-order valence-electron chi connectivity index (χ0n) is 8.73. The fraction of sp³-hybridized carbons (Fsp3) is 0.0909. The van der Waals surface area contributed by atoms with Gasteiger partial charge in [-0.2, -0.15) is 0 Å². The van der Waals surface area contributed by atoms with E-state index in [1.807, 2.05) is 36.6 Å². The Balaban J connectivity index is 1.97. The van der Waals surface area contributed by atoms with E-state index in [2.05, 4.69) is 15.6 Å². The zero-order valence-corrected chi connectivity index (χ0v) is 9.54. The van der Waals surface area contributed by atoms with Gasteiger partial charge in [0.2, 0.25) is 0 Å². The maximum absolute atomic E-state index is 11.5. The summed E-state index contributed by atoms with van der Waals surface area (Å²) in [5.74, 6) is 0.550. The largest absolute Gasteiger partial charge is 0.325 e. The predicted octanol–water partition coefficient (Wildman–Crippen LogP) is 3.10. The molecule has 0 aliphatic heterocycles. The molecule has 0 unspecified atom stereocenters. The number of pyridine rings is 1. The van der Waals surface area contributed by atoms with Crippen LogP contribution in [-0.2, 0) is 0 Å². The molecule has 0 fully saturated rings. The average molecular weight is 233 g/mol. The maximum atomic E-state index is 11.5. The molecule has 2 aromatic heterocycles. The van der Waals surface area contributed by atoms with E-state index in [9.17, 15) is 4.79 Å². The first-order chi connectivity index (χ1) is 7.74. The third kappa shape index (κ3) is 2.80. The monoisotopic (exact) mass is 233 g/mol. The van der Waals surface area contributed by atoms with E-state index in [0.717, 1.165) is 10.7 Å². The Hall–Kier alpha value is -1.88. The van der Waals surface area contributed by atoms with Crippen molar-refractivity contribution >= 4 is 28.2 Å². The molecule has 0 saturated carbocycles. The molecule has 2 N–H and O–H groups in total. The number of carbonyl (C=O) groups is 1. The minimum absolute atomic E-state index is 0.277. The Bertz CT molecular complexity index is 482. The Morgan fingerprint density at radius 1 is 1.25 bits per heavy atom. The molecule has 0 radical (unpaired) electrons. The van der Waals surface area contributed by atoms with Gasteiger partial charge >= 0.3 is 6.03 Å². The number of carbonyl (C=O) groups excluding carboxylic acids is 1. The number of hydrogen-bond donors (Lipinski definition) is 2. The molecule has 2 heterocycles. The topological polar surface area (TPSA) is 54.0 Å². The summed E-state index contributed by atoms with van der Waals surface area (Å²) in [6.45, 7) is 1.88. The van der Waals surface area contributed by atoms with Gasteiger partial charge in [-0.1, -0.05) is 6.07 Å². The molecule has 2 aromatic rings. The summed E-state index contributed by atoms with van der Waals surface area (Å²) in [5.41, 5.74) is 0.869. The molecule has 0 bridgehead atoms. The van der Waals surface area contributed by atoms with Gasteiger partial charge in [0.25, 0.3) is 0 Å². The minimum Gasteiger partial charge on any atom is -0.299 e. The summed E-state index contributed by atoms with van der Waals surface area (Å²) in [5, 5.41) is 8.10. The van der Waals surface area contributed by atoms with Crippen molar-refractivity contribution in [1.82, 2.24) is 4.98 Å². The van der Waals surface area contributed by atoms with Gasteiger partial charge in [0.15, 0.2) is 0 Å². The van der Waals surface area contributed by atoms with E-state index in [-0.39, 0.29) is 6.03 Å². The third-order valence-corrected chi connectivity index (χ3v) is 2.67. The number of thiophene rings is 1. The molecular formula is C11H11N3OS. The second-order valence-electron chi connectivity index (χ2n) is 3.22. The van der Waals surface area contributed by atoms with E-state index >= 15 is 0 Å². The van der Waals surface area contributed by atoms with Gasteiger partial charge in [0, 0.05) is 5.69 Å². The summed E-state index contributed by atoms with van der Waals surface area (Å²) in [7, 11) is 0. The minimum atomic E-state index is -0.277. The smallest absolute Gasteiger partial charge is 0.299 e. The van der Waals surface area contributed by atoms with Crippen LogP contribution in [0.3, 0.4) is 0 Å². The molecule has 2 rings (SSSR count). The summed E-state index contributed by atoms with van der Waals surface area (Å²) < 4.78 is 0. The quantitative estimate of drug-likeness (QED) is 0.837. The number of aryl methyl sites for hydroxylation is 1. The van der Waals surface area contributed by atoms with Crippen molar-refractivity contribution in [3.8, 4) is 0 Å². The van der Waals surface area contributed by atoms with Crippen molar-refractivity contribution in [1.29, 1.82) is 0 Å². The maximum Gasteiger partial charge on any atom is 0.325 e. The van der Waals surface area contributed by atoms with Gasteiger partial charge in [0.1, 0.15) is 5.82 Å². The van der Waals surface area contributed by atoms with Crippen LogP contribution < -0.4 is 10.6 Å². The van der Waals surface area contributed by atoms with Crippen molar-refractivity contribution in [2.45, 2.75) is 6.92 Å². The van der Waals surface area contributed by atoms with Gasteiger partial charge in [0.05, 0.1) is 5.00 Å². The van der Waals surface area contributed by atoms with Crippen LogP contribution in [0.15, 0.2) is 35.7 Å². The Labute approximate surface area is 97.3 Å². The highest BCUT2D eigenvalue weighted by molar-refractivity contribution is 7.14. The van der Waals surface area contributed by atoms with Crippen LogP contribution >= 0.6 is 11.3 Å². The number of anilines is 2. The first kappa shape index (κ1) is 10.6. The van der Waals surface area contributed by atoms with Crippen LogP contribution in [0.2, 0.25) is 0 Å². The van der Waals surface area contributed by atoms with Crippen molar-refractivity contribution < 1.29 is 4.79 Å². The van der Waals surface area contributed by atoms with Crippen molar-refractivity contribution in [3.05, 3.63) is 41.4 Å². The van der Waals surface area contributed by atoms with E-state index in [1.54, 1.807) is 6.07 Å². The molecule has 4 nitrogen and oxygen atoms in total. The number of nitrogens with zero attached hydrogens (tertiary/aromatic N) is 1. The lowest BCUT2D eigenvalue weighted by atomic mass is 10.4. The van der Waals surface area contributed by atoms with Crippen LogP contribution in [0.5, 0.6) is 0 Å². The van der Waals surface area contributed by atoms with Crippen molar-refractivity contribution in [3.63, 3.8) is 0 Å². The first-order valence-corrected chi connectivity index (χ1v) is 5.67. The molecule has 5 heteroatoms. The summed E-state index contributed by atoms with van der Waals surface area (Å²) in [6.07, 6.45) is 0. The van der Waals surface area contributed by atoms with Gasteiger partial charge in [-0.3, -0.25) is 10.6 Å². The summed E-state index contributed by atoms with van der Waals surface area (Å²) in [4.78, 5) is 15.7. The van der Waals surface area contributed by atoms with Crippen molar-refractivity contribution in [2.24, 2.45) is 0 Å². The molecule has 0 saturated heterocycles. The lowest BCUT2D eigenvalue weighted by Crippen LogP contribution is -2.19. The highest BCUT2D eigenvalue weighted by Gasteiger charge is 2.03. The normalized spacial score (nSPS) is 9.81. The zero-order chi connectivity index (χ0) is 11.4. The second-order valence-corrected chi connectivity index (χ2v) is 4.17. The third-order valence-electron chi connectivity index (χ3n) is 1.89. The second kappa shape index (κ2) is 4.76. The molecule has 0 aliphatic rings. The lowest BCUT2D eigenvalue weighted by molar-refractivity contribution is 0.262. The number of amides is 2. The van der Waals surface area contributed by atoms with Gasteiger partial charge in [-0.05, 0) is 36.6 Å². The van der Waals surface area contributed by atoms with E-state index in [0.29, 0.717) is 5.82 Å². The molecule has 0 spiro atoms. The van der Waals surface area contributed by atoms with Crippen LogP contribution in [0.25, 0.3) is 0 Å². The SMILES string of the molecule is Cc1cccc(NC(=O)Nc2cccs2)n1. The fourth-order valence-electron chi connectivity index (χ4n) is 1.22. The van der Waals surface area contributed by atoms with Gasteiger partial charge < -0.3 is 0 Å². The number of nitrogens with one attached hydrogen (secondary N) is 2.